The summed E-state index contributed by atoms with van der Waals surface area (Å²) in [5, 5.41) is 4.82. The van der Waals surface area contributed by atoms with E-state index in [2.05, 4.69) is 14.9 Å². The van der Waals surface area contributed by atoms with Crippen molar-refractivity contribution >= 4 is 0 Å². The number of nitrogens with zero attached hydrogens (tertiary/aromatic N) is 4. The van der Waals surface area contributed by atoms with Crippen molar-refractivity contribution in [3.8, 4) is 22.7 Å². The lowest BCUT2D eigenvalue weighted by atomic mass is 10.1. The van der Waals surface area contributed by atoms with Crippen molar-refractivity contribution in [2.45, 2.75) is 20.0 Å². The highest BCUT2D eigenvalue weighted by molar-refractivity contribution is 5.64. The van der Waals surface area contributed by atoms with Crippen molar-refractivity contribution in [1.82, 2.24) is 24.6 Å². The molecule has 0 spiro atoms. The molecule has 0 unspecified atom stereocenters. The Morgan fingerprint density at radius 1 is 1.17 bits per heavy atom. The lowest BCUT2D eigenvalue weighted by Gasteiger charge is -2.15. The Hall–Kier alpha value is -3.45. The Morgan fingerprint density at radius 3 is 2.70 bits per heavy atom. The Bertz CT molecular complexity index is 1140. The van der Waals surface area contributed by atoms with Gasteiger partial charge in [0.25, 0.3) is 0 Å². The lowest BCUT2D eigenvalue weighted by molar-refractivity contribution is 0.312. The highest BCUT2D eigenvalue weighted by Gasteiger charge is 2.17. The molecular weight excluding hydrogens is 381 g/mol. The topological polar surface area (TPSA) is 59.0 Å². The fourth-order valence-corrected chi connectivity index (χ4v) is 3.51. The summed E-state index contributed by atoms with van der Waals surface area (Å²) in [6.07, 6.45) is 5.56. The lowest BCUT2D eigenvalue weighted by Crippen LogP contribution is -2.18. The predicted octanol–water partition coefficient (Wildman–Crippen LogP) is 4.35. The summed E-state index contributed by atoms with van der Waals surface area (Å²) in [6, 6.07) is 13.0. The summed E-state index contributed by atoms with van der Waals surface area (Å²) in [7, 11) is 3.48. The Morgan fingerprint density at radius 2 is 2.00 bits per heavy atom. The number of para-hydroxylation sites is 1. The molecule has 0 aliphatic carbocycles. The van der Waals surface area contributed by atoms with Gasteiger partial charge in [0.1, 0.15) is 5.82 Å². The SMILES string of the molecule is COc1ccc(-c2nn(-c3ccccc3C)cc2CN(C)Cc2ncc[nH]2)cc1F. The van der Waals surface area contributed by atoms with Crippen molar-refractivity contribution in [3.63, 3.8) is 0 Å². The van der Waals surface area contributed by atoms with E-state index in [0.717, 1.165) is 28.3 Å². The van der Waals surface area contributed by atoms with Crippen molar-refractivity contribution in [2.75, 3.05) is 14.2 Å². The van der Waals surface area contributed by atoms with Gasteiger partial charge in [-0.25, -0.2) is 14.1 Å². The number of benzene rings is 2. The van der Waals surface area contributed by atoms with Crippen LogP contribution in [0.4, 0.5) is 4.39 Å². The molecule has 154 valence electrons. The molecule has 0 aliphatic heterocycles. The van der Waals surface area contributed by atoms with Gasteiger partial charge >= 0.3 is 0 Å². The number of hydrogen-bond acceptors (Lipinski definition) is 4. The van der Waals surface area contributed by atoms with Crippen LogP contribution in [0.5, 0.6) is 5.75 Å². The average Bonchev–Trinajstić information content (AvgIpc) is 3.38. The van der Waals surface area contributed by atoms with Crippen molar-refractivity contribution in [3.05, 3.63) is 83.8 Å². The fraction of sp³-hybridized carbons (Fsp3) is 0.217. The number of H-pyrrole nitrogens is 1. The molecule has 2 aromatic carbocycles. The van der Waals surface area contributed by atoms with Gasteiger partial charge < -0.3 is 9.72 Å². The van der Waals surface area contributed by atoms with E-state index < -0.39 is 5.82 Å². The number of nitrogens with one attached hydrogen (secondary N) is 1. The summed E-state index contributed by atoms with van der Waals surface area (Å²) in [5.41, 5.74) is 4.56. The van der Waals surface area contributed by atoms with E-state index in [-0.39, 0.29) is 5.75 Å². The Balaban J connectivity index is 1.73. The van der Waals surface area contributed by atoms with E-state index in [4.69, 9.17) is 9.84 Å². The van der Waals surface area contributed by atoms with Crippen LogP contribution < -0.4 is 4.74 Å². The van der Waals surface area contributed by atoms with Crippen molar-refractivity contribution in [2.24, 2.45) is 0 Å². The molecule has 4 aromatic rings. The minimum absolute atomic E-state index is 0.216. The fourth-order valence-electron chi connectivity index (χ4n) is 3.51. The van der Waals surface area contributed by atoms with Crippen molar-refractivity contribution in [1.29, 1.82) is 0 Å². The first-order valence-corrected chi connectivity index (χ1v) is 9.70. The first-order valence-electron chi connectivity index (χ1n) is 9.70. The van der Waals surface area contributed by atoms with Crippen molar-refractivity contribution < 1.29 is 9.13 Å². The van der Waals surface area contributed by atoms with Gasteiger partial charge in [-0.1, -0.05) is 18.2 Å². The highest BCUT2D eigenvalue weighted by atomic mass is 19.1. The molecule has 0 atom stereocenters. The zero-order valence-corrected chi connectivity index (χ0v) is 17.3. The van der Waals surface area contributed by atoms with Gasteiger partial charge in [-0.2, -0.15) is 5.10 Å². The van der Waals surface area contributed by atoms with Crippen LogP contribution in [0.3, 0.4) is 0 Å². The minimum atomic E-state index is -0.407. The Labute approximate surface area is 175 Å². The largest absolute Gasteiger partial charge is 0.494 e. The van der Waals surface area contributed by atoms with Crippen LogP contribution in [-0.2, 0) is 13.1 Å². The van der Waals surface area contributed by atoms with Crippen LogP contribution in [0.1, 0.15) is 17.0 Å². The summed E-state index contributed by atoms with van der Waals surface area (Å²) in [5.74, 6) is 0.699. The zero-order chi connectivity index (χ0) is 21.1. The summed E-state index contributed by atoms with van der Waals surface area (Å²) < 4.78 is 21.3. The zero-order valence-electron chi connectivity index (χ0n) is 17.3. The van der Waals surface area contributed by atoms with Gasteiger partial charge in [0.05, 0.1) is 25.0 Å². The van der Waals surface area contributed by atoms with E-state index in [1.165, 1.54) is 13.2 Å². The van der Waals surface area contributed by atoms with Gasteiger partial charge in [-0.05, 0) is 43.8 Å². The van der Waals surface area contributed by atoms with Gasteiger partial charge in [-0.15, -0.1) is 0 Å². The van der Waals surface area contributed by atoms with Crippen LogP contribution >= 0.6 is 0 Å². The van der Waals surface area contributed by atoms with Crippen LogP contribution in [-0.4, -0.2) is 38.8 Å². The minimum Gasteiger partial charge on any atom is -0.494 e. The molecule has 0 aliphatic rings. The van der Waals surface area contributed by atoms with Gasteiger partial charge in [0, 0.05) is 36.3 Å². The third kappa shape index (κ3) is 4.11. The van der Waals surface area contributed by atoms with Gasteiger partial charge in [0.15, 0.2) is 11.6 Å². The maximum Gasteiger partial charge on any atom is 0.165 e. The molecule has 30 heavy (non-hydrogen) atoms. The highest BCUT2D eigenvalue weighted by Crippen LogP contribution is 2.29. The number of aryl methyl sites for hydroxylation is 1. The molecule has 0 bridgehead atoms. The first kappa shape index (κ1) is 19.8. The number of rotatable bonds is 7. The number of imidazole rings is 1. The number of aromatic nitrogens is 4. The molecule has 2 heterocycles. The molecule has 0 saturated heterocycles. The number of methoxy groups -OCH3 is 1. The standard InChI is InChI=1S/C23H24FN5O/c1-16-6-4-5-7-20(16)29-14-18(13-28(2)15-22-25-10-11-26-22)23(27-29)17-8-9-21(30-3)19(24)12-17/h4-12,14H,13,15H2,1-3H3,(H,25,26). The third-order valence-electron chi connectivity index (χ3n) is 4.99. The summed E-state index contributed by atoms with van der Waals surface area (Å²) >= 11 is 0. The smallest absolute Gasteiger partial charge is 0.165 e. The first-order chi connectivity index (χ1) is 14.5. The third-order valence-corrected chi connectivity index (χ3v) is 4.99. The second kappa shape index (κ2) is 8.51. The van der Waals surface area contributed by atoms with E-state index in [0.29, 0.717) is 18.7 Å². The molecule has 4 rings (SSSR count). The van der Waals surface area contributed by atoms with Gasteiger partial charge in [0.2, 0.25) is 0 Å². The van der Waals surface area contributed by atoms with E-state index >= 15 is 0 Å². The molecule has 6 nitrogen and oxygen atoms in total. The normalized spacial score (nSPS) is 11.2. The van der Waals surface area contributed by atoms with Crippen LogP contribution in [0.25, 0.3) is 16.9 Å². The molecule has 0 saturated carbocycles. The number of ether oxygens (including phenoxy) is 1. The predicted molar refractivity (Wildman–Crippen MR) is 114 cm³/mol. The quantitative estimate of drug-likeness (QED) is 0.497. The number of halogens is 1. The molecule has 2 aromatic heterocycles. The second-order valence-electron chi connectivity index (χ2n) is 7.29. The molecular formula is C23H24FN5O. The van der Waals surface area contributed by atoms with Gasteiger partial charge in [-0.3, -0.25) is 4.90 Å². The number of aromatic amines is 1. The Kier molecular flexibility index (Phi) is 5.63. The van der Waals surface area contributed by atoms with E-state index in [1.807, 2.05) is 61.4 Å². The molecule has 0 fully saturated rings. The average molecular weight is 405 g/mol. The summed E-state index contributed by atoms with van der Waals surface area (Å²) in [6.45, 7) is 3.35. The van der Waals surface area contributed by atoms with Crippen LogP contribution in [0, 0.1) is 12.7 Å². The number of hydrogen-bond donors (Lipinski definition) is 1. The molecule has 0 amide bonds. The molecule has 7 heteroatoms. The van der Waals surface area contributed by atoms with E-state index in [1.54, 1.807) is 12.3 Å². The summed E-state index contributed by atoms with van der Waals surface area (Å²) in [4.78, 5) is 9.55. The van der Waals surface area contributed by atoms with Crippen LogP contribution in [0.2, 0.25) is 0 Å². The second-order valence-corrected chi connectivity index (χ2v) is 7.29. The van der Waals surface area contributed by atoms with E-state index in [9.17, 15) is 4.39 Å². The molecule has 1 N–H and O–H groups in total. The van der Waals surface area contributed by atoms with Crippen LogP contribution in [0.15, 0.2) is 61.1 Å². The maximum atomic E-state index is 14.4. The monoisotopic (exact) mass is 405 g/mol. The molecule has 0 radical (unpaired) electrons. The maximum absolute atomic E-state index is 14.4.